The van der Waals surface area contributed by atoms with Crippen LogP contribution in [-0.2, 0) is 9.59 Å². The summed E-state index contributed by atoms with van der Waals surface area (Å²) in [5.74, 6) is -1.63. The van der Waals surface area contributed by atoms with Crippen LogP contribution >= 0.6 is 11.6 Å². The molecule has 0 bridgehead atoms. The number of carbonyl (C=O) groups excluding carboxylic acids is 2. The highest BCUT2D eigenvalue weighted by Gasteiger charge is 2.20. The zero-order chi connectivity index (χ0) is 20.8. The second kappa shape index (κ2) is 9.71. The summed E-state index contributed by atoms with van der Waals surface area (Å²) < 4.78 is 13.9. The smallest absolute Gasteiger partial charge is 0.313 e. The van der Waals surface area contributed by atoms with E-state index >= 15 is 0 Å². The molecule has 154 valence electrons. The van der Waals surface area contributed by atoms with Gasteiger partial charge in [0.05, 0.1) is 5.69 Å². The van der Waals surface area contributed by atoms with Crippen LogP contribution in [0.1, 0.15) is 5.56 Å². The molecule has 0 atom stereocenters. The molecular formula is C21H24ClFN4O2. The number of nitrogens with zero attached hydrogens (tertiary/aromatic N) is 2. The van der Waals surface area contributed by atoms with E-state index in [4.69, 9.17) is 11.6 Å². The number of nitrogens with one attached hydrogen (secondary N) is 2. The van der Waals surface area contributed by atoms with Gasteiger partial charge in [0.15, 0.2) is 0 Å². The fraction of sp³-hybridized carbons (Fsp3) is 0.333. The predicted octanol–water partition coefficient (Wildman–Crippen LogP) is 2.66. The Kier molecular flexibility index (Phi) is 7.06. The van der Waals surface area contributed by atoms with E-state index in [0.29, 0.717) is 42.6 Å². The third-order valence-electron chi connectivity index (χ3n) is 4.91. The molecular weight excluding hydrogens is 395 g/mol. The summed E-state index contributed by atoms with van der Waals surface area (Å²) >= 11 is 6.02. The number of para-hydroxylation sites is 1. The van der Waals surface area contributed by atoms with Crippen molar-refractivity contribution in [3.8, 4) is 0 Å². The van der Waals surface area contributed by atoms with Crippen molar-refractivity contribution in [2.45, 2.75) is 6.92 Å². The Balaban J connectivity index is 1.39. The third kappa shape index (κ3) is 5.68. The molecule has 0 unspecified atom stereocenters. The molecule has 1 aliphatic heterocycles. The number of anilines is 2. The van der Waals surface area contributed by atoms with Crippen molar-refractivity contribution < 1.29 is 14.0 Å². The Morgan fingerprint density at radius 2 is 1.79 bits per heavy atom. The topological polar surface area (TPSA) is 64.7 Å². The van der Waals surface area contributed by atoms with E-state index < -0.39 is 11.8 Å². The molecule has 2 aromatic rings. The maximum Gasteiger partial charge on any atom is 0.313 e. The van der Waals surface area contributed by atoms with Crippen LogP contribution in [0.5, 0.6) is 0 Å². The normalized spacial score (nSPS) is 14.5. The number of carbonyl (C=O) groups is 2. The monoisotopic (exact) mass is 418 g/mol. The molecule has 2 aromatic carbocycles. The Hall–Kier alpha value is -2.64. The molecule has 29 heavy (non-hydrogen) atoms. The molecule has 6 nitrogen and oxygen atoms in total. The molecule has 2 amide bonds. The summed E-state index contributed by atoms with van der Waals surface area (Å²) in [7, 11) is 0. The highest BCUT2D eigenvalue weighted by molar-refractivity contribution is 6.39. The minimum Gasteiger partial charge on any atom is -0.367 e. The third-order valence-corrected chi connectivity index (χ3v) is 5.32. The van der Waals surface area contributed by atoms with E-state index in [9.17, 15) is 14.0 Å². The predicted molar refractivity (Wildman–Crippen MR) is 113 cm³/mol. The molecule has 3 rings (SSSR count). The van der Waals surface area contributed by atoms with Crippen LogP contribution in [0.2, 0.25) is 5.02 Å². The van der Waals surface area contributed by atoms with E-state index in [1.165, 1.54) is 6.07 Å². The first-order chi connectivity index (χ1) is 13.9. The SMILES string of the molecule is Cc1ccc(NC(=O)C(=O)NCCN2CCN(c3ccccc3F)CC2)cc1Cl. The van der Waals surface area contributed by atoms with Gasteiger partial charge in [-0.3, -0.25) is 14.5 Å². The van der Waals surface area contributed by atoms with E-state index in [1.54, 1.807) is 30.3 Å². The van der Waals surface area contributed by atoms with Gasteiger partial charge >= 0.3 is 11.8 Å². The van der Waals surface area contributed by atoms with Gasteiger partial charge in [-0.15, -0.1) is 0 Å². The molecule has 1 saturated heterocycles. The summed E-state index contributed by atoms with van der Waals surface area (Å²) in [6.07, 6.45) is 0. The Labute approximate surface area is 174 Å². The zero-order valence-corrected chi connectivity index (χ0v) is 17.0. The Bertz CT molecular complexity index is 885. The molecule has 0 aromatic heterocycles. The van der Waals surface area contributed by atoms with Gasteiger partial charge in [-0.25, -0.2) is 4.39 Å². The summed E-state index contributed by atoms with van der Waals surface area (Å²) in [5, 5.41) is 5.69. The number of aryl methyl sites for hydroxylation is 1. The van der Waals surface area contributed by atoms with Crippen molar-refractivity contribution in [1.82, 2.24) is 10.2 Å². The molecule has 1 fully saturated rings. The van der Waals surface area contributed by atoms with Crippen LogP contribution in [0.25, 0.3) is 0 Å². The fourth-order valence-corrected chi connectivity index (χ4v) is 3.37. The number of hydrogen-bond donors (Lipinski definition) is 2. The van der Waals surface area contributed by atoms with Gasteiger partial charge in [0.1, 0.15) is 5.82 Å². The second-order valence-corrected chi connectivity index (χ2v) is 7.36. The van der Waals surface area contributed by atoms with Gasteiger partial charge in [0, 0.05) is 50.0 Å². The maximum absolute atomic E-state index is 13.9. The van der Waals surface area contributed by atoms with Crippen molar-refractivity contribution in [3.05, 3.63) is 58.9 Å². The molecule has 0 aliphatic carbocycles. The van der Waals surface area contributed by atoms with Gasteiger partial charge in [-0.2, -0.15) is 0 Å². The van der Waals surface area contributed by atoms with Crippen molar-refractivity contribution in [2.24, 2.45) is 0 Å². The first-order valence-corrected chi connectivity index (χ1v) is 9.89. The number of benzene rings is 2. The van der Waals surface area contributed by atoms with Crippen molar-refractivity contribution in [2.75, 3.05) is 49.5 Å². The Morgan fingerprint density at radius 3 is 2.48 bits per heavy atom. The summed E-state index contributed by atoms with van der Waals surface area (Å²) in [6, 6.07) is 11.8. The number of halogens is 2. The van der Waals surface area contributed by atoms with Gasteiger partial charge < -0.3 is 15.5 Å². The molecule has 0 spiro atoms. The summed E-state index contributed by atoms with van der Waals surface area (Å²) in [5.41, 5.74) is 1.99. The Morgan fingerprint density at radius 1 is 1.07 bits per heavy atom. The van der Waals surface area contributed by atoms with E-state index in [0.717, 1.165) is 18.7 Å². The van der Waals surface area contributed by atoms with Crippen LogP contribution in [0.15, 0.2) is 42.5 Å². The minimum absolute atomic E-state index is 0.214. The van der Waals surface area contributed by atoms with Crippen molar-refractivity contribution in [1.29, 1.82) is 0 Å². The largest absolute Gasteiger partial charge is 0.367 e. The van der Waals surface area contributed by atoms with E-state index in [1.807, 2.05) is 17.9 Å². The number of amides is 2. The van der Waals surface area contributed by atoms with Crippen LogP contribution in [0.3, 0.4) is 0 Å². The maximum atomic E-state index is 13.9. The quantitative estimate of drug-likeness (QED) is 0.733. The highest BCUT2D eigenvalue weighted by atomic mass is 35.5. The standard InChI is InChI=1S/C21H24ClFN4O2/c1-15-6-7-16(14-17(15)22)25-21(29)20(28)24-8-9-26-10-12-27(13-11-26)19-5-3-2-4-18(19)23/h2-7,14H,8-13H2,1H3,(H,24,28)(H,25,29). The highest BCUT2D eigenvalue weighted by Crippen LogP contribution is 2.20. The number of hydrogen-bond acceptors (Lipinski definition) is 4. The van der Waals surface area contributed by atoms with E-state index in [-0.39, 0.29) is 5.82 Å². The molecule has 0 saturated carbocycles. The lowest BCUT2D eigenvalue weighted by molar-refractivity contribution is -0.136. The molecule has 1 aliphatic rings. The van der Waals surface area contributed by atoms with E-state index in [2.05, 4.69) is 15.5 Å². The average molecular weight is 419 g/mol. The molecule has 2 N–H and O–H groups in total. The minimum atomic E-state index is -0.728. The van der Waals surface area contributed by atoms with Crippen LogP contribution in [0.4, 0.5) is 15.8 Å². The van der Waals surface area contributed by atoms with Gasteiger partial charge in [-0.1, -0.05) is 29.8 Å². The van der Waals surface area contributed by atoms with Crippen LogP contribution in [0, 0.1) is 12.7 Å². The van der Waals surface area contributed by atoms with Crippen molar-refractivity contribution >= 4 is 34.8 Å². The van der Waals surface area contributed by atoms with Gasteiger partial charge in [0.25, 0.3) is 0 Å². The lowest BCUT2D eigenvalue weighted by Crippen LogP contribution is -2.49. The molecule has 1 heterocycles. The van der Waals surface area contributed by atoms with Crippen molar-refractivity contribution in [3.63, 3.8) is 0 Å². The lowest BCUT2D eigenvalue weighted by Gasteiger charge is -2.36. The van der Waals surface area contributed by atoms with Gasteiger partial charge in [-0.05, 0) is 36.8 Å². The lowest BCUT2D eigenvalue weighted by atomic mass is 10.2. The first kappa shape index (κ1) is 21.1. The fourth-order valence-electron chi connectivity index (χ4n) is 3.19. The molecule has 8 heteroatoms. The first-order valence-electron chi connectivity index (χ1n) is 9.51. The number of rotatable bonds is 5. The zero-order valence-electron chi connectivity index (χ0n) is 16.3. The molecule has 0 radical (unpaired) electrons. The average Bonchev–Trinajstić information content (AvgIpc) is 2.71. The summed E-state index contributed by atoms with van der Waals surface area (Å²) in [6.45, 7) is 5.79. The number of piperazine rings is 1. The second-order valence-electron chi connectivity index (χ2n) is 6.95. The van der Waals surface area contributed by atoms with Crippen LogP contribution in [-0.4, -0.2) is 56.0 Å². The van der Waals surface area contributed by atoms with Gasteiger partial charge in [0.2, 0.25) is 0 Å². The summed E-state index contributed by atoms with van der Waals surface area (Å²) in [4.78, 5) is 28.2. The van der Waals surface area contributed by atoms with Crippen LogP contribution < -0.4 is 15.5 Å².